The summed E-state index contributed by atoms with van der Waals surface area (Å²) in [7, 11) is 3.95. The fourth-order valence-corrected chi connectivity index (χ4v) is 2.00. The molecule has 0 aliphatic heterocycles. The quantitative estimate of drug-likeness (QED) is 0.848. The van der Waals surface area contributed by atoms with Crippen LogP contribution in [0.1, 0.15) is 25.5 Å². The fraction of sp³-hybridized carbons (Fsp3) is 0.625. The third-order valence-corrected chi connectivity index (χ3v) is 2.50. The lowest BCUT2D eigenvalue weighted by Crippen LogP contribution is -2.09. The monoisotopic (exact) mass is 231 g/mol. The predicted octanol–water partition coefficient (Wildman–Crippen LogP) is 2.36. The van der Waals surface area contributed by atoms with Crippen LogP contribution in [0, 0.1) is 0 Å². The molecule has 0 saturated carbocycles. The van der Waals surface area contributed by atoms with E-state index in [0.717, 1.165) is 16.0 Å². The van der Waals surface area contributed by atoms with Gasteiger partial charge in [0.15, 0.2) is 5.82 Å². The number of aromatic amines is 1. The van der Waals surface area contributed by atoms with Gasteiger partial charge in [-0.3, -0.25) is 5.10 Å². The van der Waals surface area contributed by atoms with Crippen molar-refractivity contribution in [1.29, 1.82) is 0 Å². The molecule has 1 N–H and O–H groups in total. The lowest BCUT2D eigenvalue weighted by molar-refractivity contribution is 0.806. The molecule has 68 valence electrons. The molecule has 1 aromatic rings. The topological polar surface area (TPSA) is 31.9 Å². The van der Waals surface area contributed by atoms with Crippen molar-refractivity contribution in [3.8, 4) is 0 Å². The van der Waals surface area contributed by atoms with E-state index in [1.165, 1.54) is 0 Å². The van der Waals surface area contributed by atoms with Gasteiger partial charge in [-0.1, -0.05) is 13.8 Å². The molecule has 1 aromatic heterocycles. The van der Waals surface area contributed by atoms with E-state index in [-0.39, 0.29) is 0 Å². The van der Waals surface area contributed by atoms with E-state index < -0.39 is 0 Å². The van der Waals surface area contributed by atoms with Gasteiger partial charge in [0.1, 0.15) is 0 Å². The lowest BCUT2D eigenvalue weighted by Gasteiger charge is -2.08. The average Bonchev–Trinajstić information content (AvgIpc) is 2.30. The molecule has 0 aliphatic carbocycles. The number of hydrogen-bond donors (Lipinski definition) is 1. The van der Waals surface area contributed by atoms with E-state index in [0.29, 0.717) is 5.92 Å². The summed E-state index contributed by atoms with van der Waals surface area (Å²) >= 11 is 3.52. The van der Waals surface area contributed by atoms with Crippen molar-refractivity contribution in [2.24, 2.45) is 0 Å². The molecular weight excluding hydrogens is 218 g/mol. The number of halogens is 1. The van der Waals surface area contributed by atoms with E-state index in [9.17, 15) is 0 Å². The number of nitrogens with one attached hydrogen (secondary N) is 1. The first-order chi connectivity index (χ1) is 5.54. The van der Waals surface area contributed by atoms with Crippen LogP contribution in [0.3, 0.4) is 0 Å². The zero-order chi connectivity index (χ0) is 9.30. The predicted molar refractivity (Wildman–Crippen MR) is 54.7 cm³/mol. The third kappa shape index (κ3) is 1.63. The van der Waals surface area contributed by atoms with Gasteiger partial charge in [-0.05, 0) is 21.8 Å². The highest BCUT2D eigenvalue weighted by molar-refractivity contribution is 9.10. The van der Waals surface area contributed by atoms with Gasteiger partial charge < -0.3 is 4.90 Å². The first kappa shape index (κ1) is 9.58. The minimum Gasteiger partial charge on any atom is -0.360 e. The molecule has 0 atom stereocenters. The molecule has 0 unspecified atom stereocenters. The Morgan fingerprint density at radius 1 is 1.42 bits per heavy atom. The second-order valence-corrected chi connectivity index (χ2v) is 4.12. The van der Waals surface area contributed by atoms with E-state index in [1.807, 2.05) is 19.0 Å². The van der Waals surface area contributed by atoms with Crippen LogP contribution in [0.5, 0.6) is 0 Å². The van der Waals surface area contributed by atoms with Gasteiger partial charge in [-0.25, -0.2) is 0 Å². The molecule has 0 radical (unpaired) electrons. The molecule has 12 heavy (non-hydrogen) atoms. The molecule has 1 rings (SSSR count). The van der Waals surface area contributed by atoms with Crippen molar-refractivity contribution in [2.45, 2.75) is 19.8 Å². The summed E-state index contributed by atoms with van der Waals surface area (Å²) in [5.41, 5.74) is 1.15. The molecular formula is C8H14BrN3. The van der Waals surface area contributed by atoms with Crippen LogP contribution in [0.15, 0.2) is 4.47 Å². The Bertz CT molecular complexity index is 240. The summed E-state index contributed by atoms with van der Waals surface area (Å²) < 4.78 is 1.07. The Hall–Kier alpha value is -0.510. The Morgan fingerprint density at radius 2 is 2.00 bits per heavy atom. The summed E-state index contributed by atoms with van der Waals surface area (Å²) in [4.78, 5) is 1.98. The van der Waals surface area contributed by atoms with Crippen LogP contribution in [-0.4, -0.2) is 24.3 Å². The number of hydrogen-bond acceptors (Lipinski definition) is 2. The number of anilines is 1. The SMILES string of the molecule is CC(C)c1[nH]nc(N(C)C)c1Br. The van der Waals surface area contributed by atoms with E-state index in [4.69, 9.17) is 0 Å². The van der Waals surface area contributed by atoms with Gasteiger partial charge in [0.2, 0.25) is 0 Å². The molecule has 0 spiro atoms. The van der Waals surface area contributed by atoms with Crippen LogP contribution in [0.2, 0.25) is 0 Å². The van der Waals surface area contributed by atoms with Crippen molar-refractivity contribution in [2.75, 3.05) is 19.0 Å². The lowest BCUT2D eigenvalue weighted by atomic mass is 10.1. The molecule has 0 amide bonds. The minimum absolute atomic E-state index is 0.473. The summed E-state index contributed by atoms with van der Waals surface area (Å²) in [5, 5.41) is 7.21. The van der Waals surface area contributed by atoms with Crippen LogP contribution < -0.4 is 4.90 Å². The second kappa shape index (κ2) is 3.47. The van der Waals surface area contributed by atoms with Crippen molar-refractivity contribution in [1.82, 2.24) is 10.2 Å². The maximum Gasteiger partial charge on any atom is 0.164 e. The molecule has 0 saturated heterocycles. The summed E-state index contributed by atoms with van der Waals surface area (Å²) in [6.45, 7) is 4.27. The number of H-pyrrole nitrogens is 1. The van der Waals surface area contributed by atoms with E-state index in [2.05, 4.69) is 40.0 Å². The van der Waals surface area contributed by atoms with E-state index >= 15 is 0 Å². The van der Waals surface area contributed by atoms with Crippen LogP contribution in [0.4, 0.5) is 5.82 Å². The molecule has 0 bridgehead atoms. The van der Waals surface area contributed by atoms with Crippen molar-refractivity contribution in [3.63, 3.8) is 0 Å². The maximum atomic E-state index is 4.19. The van der Waals surface area contributed by atoms with Gasteiger partial charge in [-0.2, -0.15) is 5.10 Å². The molecule has 0 aromatic carbocycles. The Morgan fingerprint density at radius 3 is 2.25 bits per heavy atom. The van der Waals surface area contributed by atoms with Crippen LogP contribution >= 0.6 is 15.9 Å². The third-order valence-electron chi connectivity index (χ3n) is 1.72. The molecule has 4 heteroatoms. The minimum atomic E-state index is 0.473. The molecule has 0 fully saturated rings. The standard InChI is InChI=1S/C8H14BrN3/c1-5(2)7-6(9)8(11-10-7)12(3)4/h5H,1-4H3,(H,10,11). The first-order valence-corrected chi connectivity index (χ1v) is 4.74. The zero-order valence-corrected chi connectivity index (χ0v) is 9.44. The maximum absolute atomic E-state index is 4.19. The van der Waals surface area contributed by atoms with Gasteiger partial charge in [0.25, 0.3) is 0 Å². The van der Waals surface area contributed by atoms with Gasteiger partial charge in [-0.15, -0.1) is 0 Å². The highest BCUT2D eigenvalue weighted by Crippen LogP contribution is 2.29. The summed E-state index contributed by atoms with van der Waals surface area (Å²) in [6, 6.07) is 0. The van der Waals surface area contributed by atoms with Crippen molar-refractivity contribution >= 4 is 21.7 Å². The fourth-order valence-electron chi connectivity index (χ4n) is 1.01. The number of aromatic nitrogens is 2. The van der Waals surface area contributed by atoms with Gasteiger partial charge in [0.05, 0.1) is 10.2 Å². The van der Waals surface area contributed by atoms with Crippen molar-refractivity contribution < 1.29 is 0 Å². The summed E-state index contributed by atoms with van der Waals surface area (Å²) in [6.07, 6.45) is 0. The first-order valence-electron chi connectivity index (χ1n) is 3.95. The highest BCUT2D eigenvalue weighted by atomic mass is 79.9. The Labute approximate surface area is 81.3 Å². The Balaban J connectivity index is 3.04. The van der Waals surface area contributed by atoms with Crippen molar-refractivity contribution in [3.05, 3.63) is 10.2 Å². The Kier molecular flexibility index (Phi) is 2.77. The average molecular weight is 232 g/mol. The highest BCUT2D eigenvalue weighted by Gasteiger charge is 2.13. The number of rotatable bonds is 2. The molecule has 3 nitrogen and oxygen atoms in total. The normalized spacial score (nSPS) is 10.8. The molecule has 0 aliphatic rings. The van der Waals surface area contributed by atoms with Gasteiger partial charge in [0, 0.05) is 14.1 Å². The number of nitrogens with zero attached hydrogens (tertiary/aromatic N) is 2. The second-order valence-electron chi connectivity index (χ2n) is 3.32. The van der Waals surface area contributed by atoms with Crippen LogP contribution in [-0.2, 0) is 0 Å². The smallest absolute Gasteiger partial charge is 0.164 e. The summed E-state index contributed by atoms with van der Waals surface area (Å²) in [5.74, 6) is 1.43. The van der Waals surface area contributed by atoms with E-state index in [1.54, 1.807) is 0 Å². The zero-order valence-electron chi connectivity index (χ0n) is 7.85. The largest absolute Gasteiger partial charge is 0.360 e. The molecule has 1 heterocycles. The van der Waals surface area contributed by atoms with Crippen LogP contribution in [0.25, 0.3) is 0 Å². The van der Waals surface area contributed by atoms with Gasteiger partial charge >= 0.3 is 0 Å².